The number of rotatable bonds is 11. The molecule has 1 aliphatic heterocycles. The molecule has 1 aromatic carbocycles. The molecular formula is C28H29F8N7O4S. The highest BCUT2D eigenvalue weighted by molar-refractivity contribution is 8.45. The van der Waals surface area contributed by atoms with Gasteiger partial charge in [0.25, 0.3) is 5.91 Å². The Bertz CT molecular complexity index is 1690. The van der Waals surface area contributed by atoms with Gasteiger partial charge in [0.15, 0.2) is 6.19 Å². The number of methoxy groups -OCH3 is 1. The van der Waals surface area contributed by atoms with Crippen LogP contribution in [0.5, 0.6) is 0 Å². The summed E-state index contributed by atoms with van der Waals surface area (Å²) in [5.41, 5.74) is -4.11. The fourth-order valence-corrected chi connectivity index (χ4v) is 5.95. The van der Waals surface area contributed by atoms with Crippen molar-refractivity contribution in [3.05, 3.63) is 72.6 Å². The molecule has 4 atom stereocenters. The number of carbonyl (C=O) groups excluding carboxylic acids is 2. The number of amides is 2. The fraction of sp³-hybridized carbons (Fsp3) is 0.393. The first-order chi connectivity index (χ1) is 22.1. The van der Waals surface area contributed by atoms with Crippen molar-refractivity contribution in [2.24, 2.45) is 7.05 Å². The van der Waals surface area contributed by atoms with Gasteiger partial charge < -0.3 is 19.7 Å². The van der Waals surface area contributed by atoms with Crippen LogP contribution in [-0.4, -0.2) is 74.9 Å². The van der Waals surface area contributed by atoms with Crippen LogP contribution in [0, 0.1) is 11.5 Å². The van der Waals surface area contributed by atoms with Crippen LogP contribution < -0.4 is 10.2 Å². The number of ether oxygens (including phenoxy) is 1. The number of nitrogens with one attached hydrogen (secondary N) is 1. The van der Waals surface area contributed by atoms with E-state index < -0.39 is 81.4 Å². The molecule has 20 heteroatoms. The third-order valence-corrected chi connectivity index (χ3v) is 8.92. The minimum absolute atomic E-state index is 0.0281. The summed E-state index contributed by atoms with van der Waals surface area (Å²) < 4.78 is 116. The van der Waals surface area contributed by atoms with Gasteiger partial charge in [-0.2, -0.15) is 18.4 Å². The first kappa shape index (κ1) is 36.4. The number of carbonyl (C=O) groups is 2. The molecule has 0 saturated carbocycles. The highest BCUT2D eigenvalue weighted by Gasteiger charge is 2.65. The molecule has 1 saturated heterocycles. The van der Waals surface area contributed by atoms with E-state index in [1.54, 1.807) is 6.19 Å². The average molecular weight is 712 g/mol. The van der Waals surface area contributed by atoms with Crippen molar-refractivity contribution >= 4 is 27.7 Å². The molecule has 262 valence electrons. The van der Waals surface area contributed by atoms with E-state index in [0.29, 0.717) is 17.0 Å². The molecule has 0 radical (unpaired) electrons. The summed E-state index contributed by atoms with van der Waals surface area (Å²) in [4.78, 5) is 34.9. The third-order valence-electron chi connectivity index (χ3n) is 7.76. The first-order valence-corrected chi connectivity index (χ1v) is 15.9. The van der Waals surface area contributed by atoms with Crippen molar-refractivity contribution in [1.82, 2.24) is 24.8 Å². The second kappa shape index (κ2) is 12.2. The lowest BCUT2D eigenvalue weighted by Crippen LogP contribution is -2.51. The number of hydrogen-bond donors (Lipinski definition) is 2. The lowest BCUT2D eigenvalue weighted by molar-refractivity contribution is -0.272. The van der Waals surface area contributed by atoms with Crippen molar-refractivity contribution in [3.8, 4) is 6.19 Å². The van der Waals surface area contributed by atoms with Crippen LogP contribution in [0.3, 0.4) is 0 Å². The van der Waals surface area contributed by atoms with Gasteiger partial charge in [-0.3, -0.25) is 24.4 Å². The molecule has 1 fully saturated rings. The molecule has 1 aliphatic rings. The van der Waals surface area contributed by atoms with Crippen LogP contribution in [0.1, 0.15) is 30.3 Å². The van der Waals surface area contributed by atoms with E-state index >= 15 is 0 Å². The van der Waals surface area contributed by atoms with Gasteiger partial charge in [0.1, 0.15) is 22.8 Å². The monoisotopic (exact) mass is 711 g/mol. The number of aliphatic hydroxyl groups is 1. The zero-order valence-corrected chi connectivity index (χ0v) is 25.9. The van der Waals surface area contributed by atoms with Crippen molar-refractivity contribution in [2.75, 3.05) is 25.1 Å². The lowest BCUT2D eigenvalue weighted by Gasteiger charge is -2.41. The minimum Gasteiger partial charge on any atom is -0.379 e. The summed E-state index contributed by atoms with van der Waals surface area (Å²) in [5, 5.41) is 22.6. The molecule has 2 unspecified atom stereocenters. The number of pyridine rings is 1. The largest absolute Gasteiger partial charge is 0.424 e. The van der Waals surface area contributed by atoms with E-state index in [1.165, 1.54) is 32.5 Å². The van der Waals surface area contributed by atoms with Crippen molar-refractivity contribution in [1.29, 1.82) is 5.26 Å². The first-order valence-electron chi connectivity index (χ1n) is 13.9. The maximum Gasteiger partial charge on any atom is 0.424 e. The number of aryl methyl sites for hydroxylation is 1. The molecule has 0 bridgehead atoms. The van der Waals surface area contributed by atoms with Crippen LogP contribution in [0.15, 0.2) is 66.1 Å². The second-order valence-corrected chi connectivity index (χ2v) is 13.4. The van der Waals surface area contributed by atoms with E-state index in [2.05, 4.69) is 15.3 Å². The molecule has 48 heavy (non-hydrogen) atoms. The van der Waals surface area contributed by atoms with Crippen LogP contribution in [0.4, 0.5) is 38.3 Å². The number of anilines is 1. The summed E-state index contributed by atoms with van der Waals surface area (Å²) in [6.07, 6.45) is -0.819. The Morgan fingerprint density at radius 3 is 2.33 bits per heavy atom. The lowest BCUT2D eigenvalue weighted by atomic mass is 9.97. The molecule has 0 spiro atoms. The highest BCUT2D eigenvalue weighted by Crippen LogP contribution is 3.02. The normalized spacial score (nSPS) is 20.2. The van der Waals surface area contributed by atoms with Crippen LogP contribution >= 0.6 is 10.2 Å². The fourth-order valence-electron chi connectivity index (χ4n) is 5.30. The minimum atomic E-state index is -10.2. The molecule has 2 N–H and O–H groups in total. The molecule has 0 aliphatic carbocycles. The van der Waals surface area contributed by atoms with Crippen LogP contribution in [-0.2, 0) is 27.0 Å². The molecule has 2 amide bonds. The zero-order valence-electron chi connectivity index (χ0n) is 25.1. The Labute approximate surface area is 268 Å². The number of alkyl halides is 3. The Kier molecular flexibility index (Phi) is 9.24. The quantitative estimate of drug-likeness (QED) is 0.208. The number of nitriles is 1. The highest BCUT2D eigenvalue weighted by atomic mass is 32.5. The number of hydrogen-bond acceptors (Lipinski definition) is 8. The maximum atomic E-state index is 14.2. The SMILES string of the molecule is CO[C@@H]1C[C@H](C(=O)N(c2ccc(S(F)(F)(F)(F)F)cc2)C(C(=O)NCCC(O)(c2nccn2C)C(F)(F)F)c2cccnc2)N(C#N)C1. The Balaban J connectivity index is 1.78. The summed E-state index contributed by atoms with van der Waals surface area (Å²) in [7, 11) is -7.65. The van der Waals surface area contributed by atoms with E-state index in [1.807, 2.05) is 0 Å². The molecule has 3 aromatic rings. The van der Waals surface area contributed by atoms with Gasteiger partial charge in [0.2, 0.25) is 11.5 Å². The van der Waals surface area contributed by atoms with Gasteiger partial charge in [-0.1, -0.05) is 25.5 Å². The smallest absolute Gasteiger partial charge is 0.379 e. The molecule has 3 heterocycles. The Morgan fingerprint density at radius 2 is 1.83 bits per heavy atom. The van der Waals surface area contributed by atoms with Gasteiger partial charge >= 0.3 is 16.4 Å². The van der Waals surface area contributed by atoms with E-state index in [-0.39, 0.29) is 30.7 Å². The number of imidazole rings is 1. The third kappa shape index (κ3) is 7.47. The van der Waals surface area contributed by atoms with Crippen molar-refractivity contribution in [2.45, 2.75) is 47.7 Å². The number of aromatic nitrogens is 3. The molecule has 4 rings (SSSR count). The predicted molar refractivity (Wildman–Crippen MR) is 155 cm³/mol. The molecule has 2 aromatic heterocycles. The maximum absolute atomic E-state index is 14.2. The van der Waals surface area contributed by atoms with Gasteiger partial charge in [-0.25, -0.2) is 4.98 Å². The summed E-state index contributed by atoms with van der Waals surface area (Å²) >= 11 is 0. The summed E-state index contributed by atoms with van der Waals surface area (Å²) in [5.74, 6) is -3.00. The van der Waals surface area contributed by atoms with Crippen LogP contribution in [0.2, 0.25) is 0 Å². The van der Waals surface area contributed by atoms with Gasteiger partial charge in [-0.15, -0.1) is 0 Å². The zero-order chi connectivity index (χ0) is 35.8. The topological polar surface area (TPSA) is 137 Å². The van der Waals surface area contributed by atoms with Gasteiger partial charge in [0.05, 0.1) is 12.6 Å². The summed E-state index contributed by atoms with van der Waals surface area (Å²) in [6.45, 7) is -0.934. The van der Waals surface area contributed by atoms with E-state index in [0.717, 1.165) is 28.1 Å². The standard InChI is InChI=1S/C28H29F8N7O4S/c1-41-13-12-40-26(41)27(46,28(29,30)31)9-11-39-24(44)23(18-4-3-10-38-15-18)43(25(45)22-14-20(47-2)16-42(22)17-37)19-5-7-21(8-6-19)48(32,33,34,35)36/h3-8,10,12-13,15,20,22-23,46H,9,11,14,16H2,1-2H3,(H,39,44)/t20-,22-,23?,27?/m1/s1. The van der Waals surface area contributed by atoms with E-state index in [4.69, 9.17) is 4.74 Å². The second-order valence-electron chi connectivity index (χ2n) is 11.0. The number of nitrogens with zero attached hydrogens (tertiary/aromatic N) is 6. The van der Waals surface area contributed by atoms with E-state index in [9.17, 15) is 52.6 Å². The molecular weight excluding hydrogens is 682 g/mol. The number of likely N-dealkylation sites (tertiary alicyclic amines) is 1. The summed E-state index contributed by atoms with van der Waals surface area (Å²) in [6, 6.07) is 0.523. The van der Waals surface area contributed by atoms with Crippen LogP contribution in [0.25, 0.3) is 0 Å². The Hall–Kier alpha value is -4.48. The van der Waals surface area contributed by atoms with Crippen molar-refractivity contribution < 1.29 is 52.0 Å². The van der Waals surface area contributed by atoms with Gasteiger partial charge in [-0.05, 0) is 30.3 Å². The number of halogens is 8. The molecule has 11 nitrogen and oxygen atoms in total. The van der Waals surface area contributed by atoms with Gasteiger partial charge in [0, 0.05) is 69.6 Å². The Morgan fingerprint density at radius 1 is 1.17 bits per heavy atom. The van der Waals surface area contributed by atoms with Crippen molar-refractivity contribution in [3.63, 3.8) is 0 Å². The number of benzene rings is 1. The average Bonchev–Trinajstić information content (AvgIpc) is 3.64. The predicted octanol–water partition coefficient (Wildman–Crippen LogP) is 5.07.